The predicted octanol–water partition coefficient (Wildman–Crippen LogP) is 1.33. The number of H-pyrrole nitrogens is 1. The van der Waals surface area contributed by atoms with E-state index in [9.17, 15) is 14.4 Å². The van der Waals surface area contributed by atoms with E-state index in [-0.39, 0.29) is 34.7 Å². The normalized spacial score (nSPS) is 22.0. The molecule has 2 heterocycles. The minimum Gasteiger partial charge on any atom is -0.349 e. The maximum Gasteiger partial charge on any atom is 0.267 e. The lowest BCUT2D eigenvalue weighted by Gasteiger charge is -2.29. The minimum absolute atomic E-state index is 0.0171. The fourth-order valence-electron chi connectivity index (χ4n) is 4.01. The molecule has 2 aliphatic carbocycles. The Morgan fingerprint density at radius 3 is 2.77 bits per heavy atom. The molecule has 7 nitrogen and oxygen atoms in total. The largest absolute Gasteiger partial charge is 0.349 e. The Bertz CT molecular complexity index is 938. The quantitative estimate of drug-likeness (QED) is 0.869. The Balaban J connectivity index is 1.40. The van der Waals surface area contributed by atoms with Crippen molar-refractivity contribution in [1.82, 2.24) is 20.1 Å². The zero-order chi connectivity index (χ0) is 18.1. The van der Waals surface area contributed by atoms with Crippen LogP contribution >= 0.6 is 0 Å². The summed E-state index contributed by atoms with van der Waals surface area (Å²) >= 11 is 0. The molecule has 0 spiro atoms. The summed E-state index contributed by atoms with van der Waals surface area (Å²) in [5, 5.41) is 7.53. The van der Waals surface area contributed by atoms with Crippen LogP contribution in [0.1, 0.15) is 59.8 Å². The number of nitrogens with zero attached hydrogens (tertiary/aromatic N) is 2. The van der Waals surface area contributed by atoms with E-state index in [1.807, 2.05) is 0 Å². The number of rotatable bonds is 3. The van der Waals surface area contributed by atoms with Gasteiger partial charge in [-0.3, -0.25) is 14.4 Å². The summed E-state index contributed by atoms with van der Waals surface area (Å²) in [6.45, 7) is 0. The van der Waals surface area contributed by atoms with Gasteiger partial charge in [-0.05, 0) is 62.6 Å². The maximum atomic E-state index is 12.4. The summed E-state index contributed by atoms with van der Waals surface area (Å²) < 4.78 is 1.64. The zero-order valence-electron chi connectivity index (χ0n) is 14.5. The molecule has 136 valence electrons. The Labute approximate surface area is 150 Å². The van der Waals surface area contributed by atoms with Crippen LogP contribution in [0.5, 0.6) is 0 Å². The fraction of sp³-hybridized carbons (Fsp3) is 0.474. The van der Waals surface area contributed by atoms with Crippen LogP contribution in [0.15, 0.2) is 34.0 Å². The van der Waals surface area contributed by atoms with Gasteiger partial charge in [0.15, 0.2) is 0 Å². The Hall–Kier alpha value is -2.70. The van der Waals surface area contributed by atoms with Crippen LogP contribution in [-0.4, -0.2) is 26.7 Å². The molecule has 0 bridgehead atoms. The van der Waals surface area contributed by atoms with Gasteiger partial charge in [-0.25, -0.2) is 4.68 Å². The summed E-state index contributed by atoms with van der Waals surface area (Å²) in [7, 11) is 0. The van der Waals surface area contributed by atoms with E-state index in [1.165, 1.54) is 12.3 Å². The number of carbonyl (C=O) groups is 1. The molecule has 2 aromatic heterocycles. The molecule has 0 saturated heterocycles. The summed E-state index contributed by atoms with van der Waals surface area (Å²) in [6.07, 6.45) is 7.61. The van der Waals surface area contributed by atoms with Gasteiger partial charge in [0.05, 0.1) is 11.7 Å². The maximum absolute atomic E-state index is 12.4. The molecule has 1 amide bonds. The van der Waals surface area contributed by atoms with Crippen molar-refractivity contribution in [2.45, 2.75) is 57.0 Å². The standard InChI is InChI=1S/C19H22N4O3/c24-17-11-12-3-1-5-16(12)22-23(17)14-8-6-13(7-9-14)21-19(26)15-4-2-10-20-18(15)25/h2,4,10-11,13-14H,1,3,5-9H2,(H,20,25)(H,21,26). The van der Waals surface area contributed by atoms with E-state index >= 15 is 0 Å². The first-order valence-corrected chi connectivity index (χ1v) is 9.22. The highest BCUT2D eigenvalue weighted by Crippen LogP contribution is 2.28. The first-order valence-electron chi connectivity index (χ1n) is 9.22. The second-order valence-corrected chi connectivity index (χ2v) is 7.14. The topological polar surface area (TPSA) is 96.8 Å². The van der Waals surface area contributed by atoms with Crippen molar-refractivity contribution >= 4 is 5.91 Å². The number of aromatic nitrogens is 3. The number of nitrogens with one attached hydrogen (secondary N) is 2. The molecule has 2 N–H and O–H groups in total. The number of fused-ring (bicyclic) bond motifs is 1. The van der Waals surface area contributed by atoms with Crippen LogP contribution in [0.3, 0.4) is 0 Å². The number of hydrogen-bond acceptors (Lipinski definition) is 4. The Morgan fingerprint density at radius 1 is 1.19 bits per heavy atom. The number of hydrogen-bond donors (Lipinski definition) is 2. The first-order chi connectivity index (χ1) is 12.6. The van der Waals surface area contributed by atoms with E-state index in [2.05, 4.69) is 15.4 Å². The van der Waals surface area contributed by atoms with Gasteiger partial charge in [0.1, 0.15) is 5.56 Å². The van der Waals surface area contributed by atoms with Crippen LogP contribution in [0, 0.1) is 0 Å². The van der Waals surface area contributed by atoms with Crippen LogP contribution in [-0.2, 0) is 12.8 Å². The third kappa shape index (κ3) is 3.21. The van der Waals surface area contributed by atoms with Crippen molar-refractivity contribution in [3.05, 3.63) is 61.9 Å². The van der Waals surface area contributed by atoms with Crippen molar-refractivity contribution in [2.24, 2.45) is 0 Å². The third-order valence-electron chi connectivity index (χ3n) is 5.42. The molecule has 0 radical (unpaired) electrons. The van der Waals surface area contributed by atoms with Gasteiger partial charge in [-0.1, -0.05) is 0 Å². The highest BCUT2D eigenvalue weighted by atomic mass is 16.2. The number of pyridine rings is 1. The molecule has 4 rings (SSSR count). The van der Waals surface area contributed by atoms with Gasteiger partial charge < -0.3 is 10.3 Å². The lowest BCUT2D eigenvalue weighted by molar-refractivity contribution is 0.0919. The summed E-state index contributed by atoms with van der Waals surface area (Å²) in [6, 6.07) is 5.00. The van der Waals surface area contributed by atoms with Gasteiger partial charge in [-0.15, -0.1) is 0 Å². The number of carbonyl (C=O) groups excluding carboxylic acids is 1. The van der Waals surface area contributed by atoms with E-state index in [0.29, 0.717) is 0 Å². The molecule has 0 aliphatic heterocycles. The van der Waals surface area contributed by atoms with Crippen molar-refractivity contribution in [3.8, 4) is 0 Å². The second-order valence-electron chi connectivity index (χ2n) is 7.14. The summed E-state index contributed by atoms with van der Waals surface area (Å²) in [5.74, 6) is -0.344. The summed E-state index contributed by atoms with van der Waals surface area (Å²) in [4.78, 5) is 38.8. The molecule has 2 aliphatic rings. The molecule has 0 aromatic carbocycles. The molecule has 7 heteroatoms. The van der Waals surface area contributed by atoms with E-state index in [4.69, 9.17) is 0 Å². The second kappa shape index (κ2) is 6.90. The zero-order valence-corrected chi connectivity index (χ0v) is 14.5. The monoisotopic (exact) mass is 354 g/mol. The average Bonchev–Trinajstić information content (AvgIpc) is 3.09. The highest BCUT2D eigenvalue weighted by Gasteiger charge is 2.26. The van der Waals surface area contributed by atoms with E-state index in [1.54, 1.807) is 16.8 Å². The van der Waals surface area contributed by atoms with E-state index < -0.39 is 0 Å². The van der Waals surface area contributed by atoms with Crippen LogP contribution in [0.25, 0.3) is 0 Å². The molecule has 26 heavy (non-hydrogen) atoms. The van der Waals surface area contributed by atoms with Gasteiger partial charge in [0.25, 0.3) is 17.0 Å². The van der Waals surface area contributed by atoms with Gasteiger partial charge >= 0.3 is 0 Å². The molecule has 0 atom stereocenters. The lowest BCUT2D eigenvalue weighted by Crippen LogP contribution is -2.41. The Morgan fingerprint density at radius 2 is 2.00 bits per heavy atom. The fourth-order valence-corrected chi connectivity index (χ4v) is 4.01. The first kappa shape index (κ1) is 16.8. The molecular weight excluding hydrogens is 332 g/mol. The van der Waals surface area contributed by atoms with E-state index in [0.717, 1.165) is 56.2 Å². The molecule has 0 unspecified atom stereocenters. The average molecular weight is 354 g/mol. The third-order valence-corrected chi connectivity index (χ3v) is 5.42. The summed E-state index contributed by atoms with van der Waals surface area (Å²) in [5.41, 5.74) is 1.89. The van der Waals surface area contributed by atoms with Crippen molar-refractivity contribution in [1.29, 1.82) is 0 Å². The van der Waals surface area contributed by atoms with Gasteiger partial charge in [-0.2, -0.15) is 5.10 Å². The van der Waals surface area contributed by atoms with Crippen molar-refractivity contribution in [2.75, 3.05) is 0 Å². The predicted molar refractivity (Wildman–Crippen MR) is 96.3 cm³/mol. The van der Waals surface area contributed by atoms with Crippen molar-refractivity contribution < 1.29 is 4.79 Å². The van der Waals surface area contributed by atoms with Gasteiger partial charge in [0.2, 0.25) is 0 Å². The minimum atomic E-state index is -0.382. The van der Waals surface area contributed by atoms with Crippen molar-refractivity contribution in [3.63, 3.8) is 0 Å². The highest BCUT2D eigenvalue weighted by molar-refractivity contribution is 5.93. The molecule has 2 aromatic rings. The van der Waals surface area contributed by atoms with Gasteiger partial charge in [0, 0.05) is 18.3 Å². The number of amides is 1. The smallest absolute Gasteiger partial charge is 0.267 e. The number of aryl methyl sites for hydroxylation is 2. The molecule has 1 saturated carbocycles. The SMILES string of the molecule is O=C(NC1CCC(n2nc3c(cc2=O)CCC3)CC1)c1ccc[nH]c1=O. The van der Waals surface area contributed by atoms with Crippen LogP contribution < -0.4 is 16.4 Å². The lowest BCUT2D eigenvalue weighted by atomic mass is 9.91. The molecular formula is C19H22N4O3. The number of aromatic amines is 1. The Kier molecular flexibility index (Phi) is 4.44. The van der Waals surface area contributed by atoms with Crippen LogP contribution in [0.2, 0.25) is 0 Å². The molecule has 1 fully saturated rings. The van der Waals surface area contributed by atoms with Crippen LogP contribution in [0.4, 0.5) is 0 Å².